The van der Waals surface area contributed by atoms with Crippen LogP contribution in [0.25, 0.3) is 10.2 Å². The number of aromatic nitrogens is 1. The van der Waals surface area contributed by atoms with Gasteiger partial charge >= 0.3 is 6.03 Å². The van der Waals surface area contributed by atoms with Gasteiger partial charge in [-0.25, -0.2) is 9.78 Å². The van der Waals surface area contributed by atoms with Gasteiger partial charge < -0.3 is 10.0 Å². The van der Waals surface area contributed by atoms with Crippen molar-refractivity contribution in [3.63, 3.8) is 0 Å². The van der Waals surface area contributed by atoms with E-state index in [1.165, 1.54) is 11.3 Å². The maximum atomic E-state index is 12.2. The topological polar surface area (TPSA) is 65.5 Å². The summed E-state index contributed by atoms with van der Waals surface area (Å²) in [5.41, 5.74) is 0.887. The summed E-state index contributed by atoms with van der Waals surface area (Å²) in [6.07, 6.45) is 3.13. The predicted octanol–water partition coefficient (Wildman–Crippen LogP) is 3.31. The van der Waals surface area contributed by atoms with E-state index in [2.05, 4.69) is 17.2 Å². The first-order chi connectivity index (χ1) is 10.2. The second-order valence-electron chi connectivity index (χ2n) is 4.83. The first-order valence-corrected chi connectivity index (χ1v) is 8.08. The molecule has 0 radical (unpaired) electrons. The first-order valence-electron chi connectivity index (χ1n) is 7.27. The van der Waals surface area contributed by atoms with Crippen molar-refractivity contribution in [2.75, 3.05) is 25.0 Å². The molecule has 0 aliphatic carbocycles. The molecule has 0 saturated carbocycles. The molecule has 0 saturated heterocycles. The molecule has 0 fully saturated rings. The minimum atomic E-state index is -0.195. The average molecular weight is 307 g/mol. The van der Waals surface area contributed by atoms with Gasteiger partial charge in [-0.1, -0.05) is 43.2 Å². The number of nitrogens with zero attached hydrogens (tertiary/aromatic N) is 2. The minimum Gasteiger partial charge on any atom is -0.395 e. The van der Waals surface area contributed by atoms with Gasteiger partial charge in [0.15, 0.2) is 5.13 Å². The van der Waals surface area contributed by atoms with E-state index in [0.717, 1.165) is 29.5 Å². The number of hydrogen-bond acceptors (Lipinski definition) is 4. The summed E-state index contributed by atoms with van der Waals surface area (Å²) in [4.78, 5) is 18.3. The summed E-state index contributed by atoms with van der Waals surface area (Å²) in [5.74, 6) is 0. The molecule has 1 aromatic heterocycles. The van der Waals surface area contributed by atoms with E-state index in [-0.39, 0.29) is 12.6 Å². The van der Waals surface area contributed by atoms with Crippen molar-refractivity contribution in [3.05, 3.63) is 24.3 Å². The molecule has 0 unspecified atom stereocenters. The third-order valence-electron chi connectivity index (χ3n) is 3.20. The van der Waals surface area contributed by atoms with E-state index in [0.29, 0.717) is 18.2 Å². The van der Waals surface area contributed by atoms with Crippen LogP contribution in [0.15, 0.2) is 24.3 Å². The molecule has 0 spiro atoms. The Labute approximate surface area is 128 Å². The number of carbonyl (C=O) groups is 1. The minimum absolute atomic E-state index is 0.0284. The number of fused-ring (bicyclic) bond motifs is 1. The normalized spacial score (nSPS) is 10.8. The quantitative estimate of drug-likeness (QED) is 0.771. The number of urea groups is 1. The number of nitrogens with one attached hydrogen (secondary N) is 1. The van der Waals surface area contributed by atoms with Crippen molar-refractivity contribution in [2.45, 2.75) is 26.2 Å². The number of thiazole rings is 1. The lowest BCUT2D eigenvalue weighted by Crippen LogP contribution is -2.37. The number of anilines is 1. The molecule has 0 aliphatic heterocycles. The number of unbranched alkanes of at least 4 members (excludes halogenated alkanes) is 2. The molecule has 0 aliphatic rings. The molecule has 2 amide bonds. The molecule has 0 bridgehead atoms. The molecule has 6 heteroatoms. The molecular weight excluding hydrogens is 286 g/mol. The van der Waals surface area contributed by atoms with E-state index in [4.69, 9.17) is 5.11 Å². The second-order valence-corrected chi connectivity index (χ2v) is 5.87. The van der Waals surface area contributed by atoms with Crippen LogP contribution in [0.4, 0.5) is 9.93 Å². The zero-order valence-corrected chi connectivity index (χ0v) is 13.0. The van der Waals surface area contributed by atoms with Gasteiger partial charge in [0.2, 0.25) is 0 Å². The molecule has 21 heavy (non-hydrogen) atoms. The summed E-state index contributed by atoms with van der Waals surface area (Å²) >= 11 is 1.46. The van der Waals surface area contributed by atoms with Gasteiger partial charge in [0.25, 0.3) is 0 Å². The maximum Gasteiger partial charge on any atom is 0.323 e. The fourth-order valence-corrected chi connectivity index (χ4v) is 2.94. The van der Waals surface area contributed by atoms with Gasteiger partial charge in [0.1, 0.15) is 0 Å². The van der Waals surface area contributed by atoms with Gasteiger partial charge in [-0.05, 0) is 18.6 Å². The van der Waals surface area contributed by atoms with Crippen LogP contribution in [-0.4, -0.2) is 40.7 Å². The number of benzene rings is 1. The molecule has 0 atom stereocenters. The van der Waals surface area contributed by atoms with Crippen LogP contribution in [0.3, 0.4) is 0 Å². The third-order valence-corrected chi connectivity index (χ3v) is 4.15. The number of hydrogen-bond donors (Lipinski definition) is 2. The fraction of sp³-hybridized carbons (Fsp3) is 0.467. The summed E-state index contributed by atoms with van der Waals surface area (Å²) < 4.78 is 1.05. The average Bonchev–Trinajstić information content (AvgIpc) is 2.88. The van der Waals surface area contributed by atoms with Crippen molar-refractivity contribution in [1.29, 1.82) is 0 Å². The number of amides is 2. The molecule has 1 aromatic carbocycles. The van der Waals surface area contributed by atoms with Gasteiger partial charge in [-0.15, -0.1) is 0 Å². The number of para-hydroxylation sites is 1. The van der Waals surface area contributed by atoms with Crippen LogP contribution in [0.5, 0.6) is 0 Å². The fourth-order valence-electron chi connectivity index (χ4n) is 2.08. The Hall–Kier alpha value is -1.66. The SMILES string of the molecule is CCCCCN(CCO)C(=O)Nc1nc2ccccc2s1. The van der Waals surface area contributed by atoms with Crippen molar-refractivity contribution < 1.29 is 9.90 Å². The standard InChI is InChI=1S/C15H21N3O2S/c1-2-3-6-9-18(10-11-19)15(20)17-14-16-12-7-4-5-8-13(12)21-14/h4-5,7-8,19H,2-3,6,9-11H2,1H3,(H,16,17,20). The van der Waals surface area contributed by atoms with Crippen LogP contribution in [0, 0.1) is 0 Å². The largest absolute Gasteiger partial charge is 0.395 e. The number of aliphatic hydroxyl groups is 1. The number of rotatable bonds is 7. The van der Waals surface area contributed by atoms with Crippen LogP contribution < -0.4 is 5.32 Å². The van der Waals surface area contributed by atoms with E-state index in [9.17, 15) is 4.79 Å². The summed E-state index contributed by atoms with van der Waals surface area (Å²) in [6, 6.07) is 7.59. The number of aliphatic hydroxyl groups excluding tert-OH is 1. The highest BCUT2D eigenvalue weighted by atomic mass is 32.1. The van der Waals surface area contributed by atoms with Crippen molar-refractivity contribution >= 4 is 32.7 Å². The smallest absolute Gasteiger partial charge is 0.323 e. The summed E-state index contributed by atoms with van der Waals surface area (Å²) in [7, 11) is 0. The first kappa shape index (κ1) is 15.7. The molecule has 2 rings (SSSR count). The lowest BCUT2D eigenvalue weighted by Gasteiger charge is -2.21. The molecule has 114 valence electrons. The Balaban J connectivity index is 1.99. The predicted molar refractivity (Wildman–Crippen MR) is 86.8 cm³/mol. The molecule has 2 aromatic rings. The Morgan fingerprint density at radius 1 is 1.33 bits per heavy atom. The van der Waals surface area contributed by atoms with E-state index < -0.39 is 0 Å². The summed E-state index contributed by atoms with van der Waals surface area (Å²) in [5, 5.41) is 12.5. The molecule has 2 N–H and O–H groups in total. The monoisotopic (exact) mass is 307 g/mol. The van der Waals surface area contributed by atoms with Gasteiger partial charge in [0.05, 0.1) is 16.8 Å². The van der Waals surface area contributed by atoms with Crippen molar-refractivity contribution in [2.24, 2.45) is 0 Å². The highest BCUT2D eigenvalue weighted by molar-refractivity contribution is 7.22. The van der Waals surface area contributed by atoms with Crippen molar-refractivity contribution in [1.82, 2.24) is 9.88 Å². The Morgan fingerprint density at radius 3 is 2.86 bits per heavy atom. The van der Waals surface area contributed by atoms with E-state index in [1.807, 2.05) is 24.3 Å². The van der Waals surface area contributed by atoms with Crippen LogP contribution in [0.2, 0.25) is 0 Å². The lowest BCUT2D eigenvalue weighted by atomic mass is 10.2. The van der Waals surface area contributed by atoms with E-state index >= 15 is 0 Å². The zero-order valence-electron chi connectivity index (χ0n) is 12.2. The zero-order chi connectivity index (χ0) is 15.1. The molecule has 1 heterocycles. The van der Waals surface area contributed by atoms with Crippen molar-refractivity contribution in [3.8, 4) is 0 Å². The Bertz CT molecular complexity index is 552. The Morgan fingerprint density at radius 2 is 2.14 bits per heavy atom. The lowest BCUT2D eigenvalue weighted by molar-refractivity contribution is 0.187. The van der Waals surface area contributed by atoms with Crippen LogP contribution in [-0.2, 0) is 0 Å². The maximum absolute atomic E-state index is 12.2. The Kier molecular flexibility index (Phi) is 5.95. The highest BCUT2D eigenvalue weighted by Crippen LogP contribution is 2.25. The van der Waals surface area contributed by atoms with Gasteiger partial charge in [0, 0.05) is 13.1 Å². The third kappa shape index (κ3) is 4.41. The van der Waals surface area contributed by atoms with Crippen LogP contribution in [0.1, 0.15) is 26.2 Å². The second kappa shape index (κ2) is 7.95. The van der Waals surface area contributed by atoms with Gasteiger partial charge in [-0.3, -0.25) is 5.32 Å². The number of carbonyl (C=O) groups excluding carboxylic acids is 1. The molecule has 5 nitrogen and oxygen atoms in total. The highest BCUT2D eigenvalue weighted by Gasteiger charge is 2.14. The molecular formula is C15H21N3O2S. The van der Waals surface area contributed by atoms with Gasteiger partial charge in [-0.2, -0.15) is 0 Å². The van der Waals surface area contributed by atoms with E-state index in [1.54, 1.807) is 4.90 Å². The summed E-state index contributed by atoms with van der Waals surface area (Å²) in [6.45, 7) is 3.10. The van der Waals surface area contributed by atoms with Crippen LogP contribution >= 0.6 is 11.3 Å².